The number of ether oxygens (including phenoxy) is 1. The van der Waals surface area contributed by atoms with Gasteiger partial charge in [0, 0.05) is 12.6 Å². The van der Waals surface area contributed by atoms with Crippen molar-refractivity contribution in [3.05, 3.63) is 0 Å². The van der Waals surface area contributed by atoms with Crippen LogP contribution < -0.4 is 15.8 Å². The zero-order chi connectivity index (χ0) is 13.1. The van der Waals surface area contributed by atoms with Gasteiger partial charge in [0.1, 0.15) is 0 Å². The largest absolute Gasteiger partial charge is 0.487 e. The second kappa shape index (κ2) is 5.75. The molecule has 3 N–H and O–H groups in total. The Balaban J connectivity index is 2.04. The van der Waals surface area contributed by atoms with Gasteiger partial charge in [-0.15, -0.1) is 0 Å². The molecule has 5 nitrogen and oxygen atoms in total. The highest BCUT2D eigenvalue weighted by molar-refractivity contribution is 7.11. The van der Waals surface area contributed by atoms with Gasteiger partial charge in [-0.3, -0.25) is 0 Å². The fraction of sp³-hybridized carbons (Fsp3) is 0.750. The van der Waals surface area contributed by atoms with Crippen molar-refractivity contribution in [3.8, 4) is 5.75 Å². The highest BCUT2D eigenvalue weighted by atomic mass is 32.1. The molecule has 2 rings (SSSR count). The number of nitrogens with two attached hydrogens (primary N) is 1. The van der Waals surface area contributed by atoms with Gasteiger partial charge >= 0.3 is 0 Å². The molecule has 0 amide bonds. The molecule has 6 heteroatoms. The molecule has 0 bridgehead atoms. The molecule has 1 saturated heterocycles. The van der Waals surface area contributed by atoms with Crippen molar-refractivity contribution in [1.82, 2.24) is 9.27 Å². The molecule has 1 aliphatic heterocycles. The number of nitrogens with zero attached hydrogens (tertiary/aromatic N) is 2. The molecule has 2 heterocycles. The van der Waals surface area contributed by atoms with Crippen LogP contribution in [0.15, 0.2) is 0 Å². The van der Waals surface area contributed by atoms with Crippen LogP contribution in [0, 0.1) is 5.92 Å². The Morgan fingerprint density at radius 3 is 3.06 bits per heavy atom. The average Bonchev–Trinajstić information content (AvgIpc) is 2.66. The standard InChI is InChI=1S/C12H22N4OS/c1-4-17-10-11(13)15-18-12(10)14-9-5-6-16(3)7-8(9)2/h8-9,14H,4-7H2,1-3H3,(H2,13,15). The SMILES string of the molecule is CCOc1c(N)nsc1NC1CCN(C)CC1C. The Labute approximate surface area is 112 Å². The summed E-state index contributed by atoms with van der Waals surface area (Å²) in [6, 6.07) is 0.472. The van der Waals surface area contributed by atoms with Gasteiger partial charge in [-0.25, -0.2) is 0 Å². The molecule has 2 atom stereocenters. The summed E-state index contributed by atoms with van der Waals surface area (Å²) < 4.78 is 9.72. The van der Waals surface area contributed by atoms with Crippen LogP contribution in [0.4, 0.5) is 10.8 Å². The minimum atomic E-state index is 0.472. The summed E-state index contributed by atoms with van der Waals surface area (Å²) in [6.45, 7) is 7.09. The fourth-order valence-electron chi connectivity index (χ4n) is 2.41. The fourth-order valence-corrected chi connectivity index (χ4v) is 3.13. The smallest absolute Gasteiger partial charge is 0.197 e. The van der Waals surface area contributed by atoms with Gasteiger partial charge in [-0.2, -0.15) is 4.37 Å². The quantitative estimate of drug-likeness (QED) is 0.874. The number of nitrogen functional groups attached to an aromatic ring is 1. The molecule has 102 valence electrons. The van der Waals surface area contributed by atoms with E-state index in [1.54, 1.807) is 0 Å². The number of likely N-dealkylation sites (tertiary alicyclic amines) is 1. The molecule has 1 aromatic rings. The van der Waals surface area contributed by atoms with E-state index in [2.05, 4.69) is 28.6 Å². The molecular weight excluding hydrogens is 248 g/mol. The maximum absolute atomic E-state index is 5.82. The highest BCUT2D eigenvalue weighted by Gasteiger charge is 2.26. The number of aromatic nitrogens is 1. The van der Waals surface area contributed by atoms with E-state index in [4.69, 9.17) is 10.5 Å². The van der Waals surface area contributed by atoms with Crippen molar-refractivity contribution in [3.63, 3.8) is 0 Å². The lowest BCUT2D eigenvalue weighted by molar-refractivity contribution is 0.206. The molecule has 2 unspecified atom stereocenters. The predicted molar refractivity (Wildman–Crippen MR) is 76.4 cm³/mol. The minimum Gasteiger partial charge on any atom is -0.487 e. The van der Waals surface area contributed by atoms with Crippen molar-refractivity contribution in [2.24, 2.45) is 5.92 Å². The maximum atomic E-state index is 5.82. The lowest BCUT2D eigenvalue weighted by Crippen LogP contribution is -2.43. The first-order valence-electron chi connectivity index (χ1n) is 6.44. The van der Waals surface area contributed by atoms with Crippen molar-refractivity contribution in [1.29, 1.82) is 0 Å². The van der Waals surface area contributed by atoms with Gasteiger partial charge in [0.05, 0.1) is 6.61 Å². The van der Waals surface area contributed by atoms with Crippen molar-refractivity contribution < 1.29 is 4.74 Å². The lowest BCUT2D eigenvalue weighted by Gasteiger charge is -2.35. The van der Waals surface area contributed by atoms with Gasteiger partial charge in [0.25, 0.3) is 0 Å². The summed E-state index contributed by atoms with van der Waals surface area (Å²) in [5.74, 6) is 1.82. The van der Waals surface area contributed by atoms with E-state index in [0.717, 1.165) is 24.5 Å². The van der Waals surface area contributed by atoms with E-state index in [1.807, 2.05) is 6.92 Å². The summed E-state index contributed by atoms with van der Waals surface area (Å²) in [5.41, 5.74) is 5.82. The third-order valence-electron chi connectivity index (χ3n) is 3.39. The lowest BCUT2D eigenvalue weighted by atomic mass is 9.94. The number of nitrogens with one attached hydrogen (secondary N) is 1. The van der Waals surface area contributed by atoms with Crippen molar-refractivity contribution in [2.45, 2.75) is 26.3 Å². The zero-order valence-corrected chi connectivity index (χ0v) is 12.1. The number of anilines is 2. The van der Waals surface area contributed by atoms with Crippen LogP contribution in [0.25, 0.3) is 0 Å². The van der Waals surface area contributed by atoms with Crippen molar-refractivity contribution in [2.75, 3.05) is 37.8 Å². The van der Waals surface area contributed by atoms with Gasteiger partial charge in [-0.05, 0) is 44.4 Å². The Morgan fingerprint density at radius 1 is 1.61 bits per heavy atom. The van der Waals surface area contributed by atoms with E-state index in [9.17, 15) is 0 Å². The summed E-state index contributed by atoms with van der Waals surface area (Å²) in [6.07, 6.45) is 1.14. The Morgan fingerprint density at radius 2 is 2.39 bits per heavy atom. The molecule has 0 saturated carbocycles. The van der Waals surface area contributed by atoms with Gasteiger partial charge in [-0.1, -0.05) is 6.92 Å². The van der Waals surface area contributed by atoms with Crippen LogP contribution in [-0.4, -0.2) is 42.1 Å². The number of hydrogen-bond acceptors (Lipinski definition) is 6. The summed E-state index contributed by atoms with van der Waals surface area (Å²) in [5, 5.41) is 4.52. The van der Waals surface area contributed by atoms with Crippen LogP contribution in [0.1, 0.15) is 20.3 Å². The minimum absolute atomic E-state index is 0.472. The molecular formula is C12H22N4OS. The molecule has 0 radical (unpaired) electrons. The third kappa shape index (κ3) is 2.87. The molecule has 0 aromatic carbocycles. The van der Waals surface area contributed by atoms with E-state index in [1.165, 1.54) is 11.5 Å². The normalized spacial score (nSPS) is 25.1. The molecule has 18 heavy (non-hydrogen) atoms. The molecule has 0 spiro atoms. The van der Waals surface area contributed by atoms with E-state index < -0.39 is 0 Å². The van der Waals surface area contributed by atoms with Crippen LogP contribution in [0.3, 0.4) is 0 Å². The van der Waals surface area contributed by atoms with Crippen LogP contribution in [-0.2, 0) is 0 Å². The van der Waals surface area contributed by atoms with Crippen molar-refractivity contribution >= 4 is 22.4 Å². The first-order chi connectivity index (χ1) is 8.61. The van der Waals surface area contributed by atoms with E-state index in [0.29, 0.717) is 30.1 Å². The predicted octanol–water partition coefficient (Wildman–Crippen LogP) is 1.88. The molecule has 1 fully saturated rings. The maximum Gasteiger partial charge on any atom is 0.197 e. The summed E-state index contributed by atoms with van der Waals surface area (Å²) in [4.78, 5) is 2.37. The Kier molecular flexibility index (Phi) is 4.29. The first-order valence-corrected chi connectivity index (χ1v) is 7.22. The Bertz CT molecular complexity index is 395. The van der Waals surface area contributed by atoms with Crippen LogP contribution in [0.5, 0.6) is 5.75 Å². The highest BCUT2D eigenvalue weighted by Crippen LogP contribution is 2.36. The third-order valence-corrected chi connectivity index (χ3v) is 4.16. The number of piperidine rings is 1. The monoisotopic (exact) mass is 270 g/mol. The topological polar surface area (TPSA) is 63.4 Å². The zero-order valence-electron chi connectivity index (χ0n) is 11.3. The Hall–Kier alpha value is -1.01. The number of rotatable bonds is 4. The van der Waals surface area contributed by atoms with Gasteiger partial charge in [0.15, 0.2) is 16.6 Å². The van der Waals surface area contributed by atoms with Gasteiger partial charge < -0.3 is 20.7 Å². The summed E-state index contributed by atoms with van der Waals surface area (Å²) >= 11 is 1.39. The van der Waals surface area contributed by atoms with E-state index in [-0.39, 0.29) is 0 Å². The first kappa shape index (κ1) is 13.4. The van der Waals surface area contributed by atoms with Crippen LogP contribution >= 0.6 is 11.5 Å². The molecule has 0 aliphatic carbocycles. The van der Waals surface area contributed by atoms with Gasteiger partial charge in [0.2, 0.25) is 0 Å². The summed E-state index contributed by atoms with van der Waals surface area (Å²) in [7, 11) is 2.17. The molecule has 1 aliphatic rings. The molecule has 1 aromatic heterocycles. The number of hydrogen-bond donors (Lipinski definition) is 2. The second-order valence-corrected chi connectivity index (χ2v) is 5.71. The van der Waals surface area contributed by atoms with E-state index >= 15 is 0 Å². The average molecular weight is 270 g/mol. The second-order valence-electron chi connectivity index (χ2n) is 4.94. The van der Waals surface area contributed by atoms with Crippen LogP contribution in [0.2, 0.25) is 0 Å².